The number of aromatic nitrogens is 3. The van der Waals surface area contributed by atoms with Crippen molar-refractivity contribution in [2.24, 2.45) is 12.8 Å². The van der Waals surface area contributed by atoms with Gasteiger partial charge in [0.25, 0.3) is 0 Å². The predicted octanol–water partition coefficient (Wildman–Crippen LogP) is 2.04. The van der Waals surface area contributed by atoms with Crippen molar-refractivity contribution in [3.63, 3.8) is 0 Å². The second kappa shape index (κ2) is 4.89. The molecule has 17 heavy (non-hydrogen) atoms. The Kier molecular flexibility index (Phi) is 3.49. The van der Waals surface area contributed by atoms with Gasteiger partial charge in [-0.1, -0.05) is 11.8 Å². The van der Waals surface area contributed by atoms with Crippen LogP contribution in [0, 0.1) is 13.8 Å². The Balaban J connectivity index is 2.37. The summed E-state index contributed by atoms with van der Waals surface area (Å²) in [6, 6.07) is 2.08. The van der Waals surface area contributed by atoms with Crippen molar-refractivity contribution in [1.29, 1.82) is 0 Å². The van der Waals surface area contributed by atoms with Crippen LogP contribution in [0.25, 0.3) is 0 Å². The van der Waals surface area contributed by atoms with E-state index in [1.54, 1.807) is 16.4 Å². The average Bonchev–Trinajstić information content (AvgIpc) is 2.63. The van der Waals surface area contributed by atoms with Crippen LogP contribution in [-0.4, -0.2) is 14.8 Å². The highest BCUT2D eigenvalue weighted by molar-refractivity contribution is 7.99. The van der Waals surface area contributed by atoms with Crippen LogP contribution in [0.15, 0.2) is 28.3 Å². The summed E-state index contributed by atoms with van der Waals surface area (Å²) in [6.45, 7) is 4.52. The molecule has 0 aliphatic rings. The first-order valence-corrected chi connectivity index (χ1v) is 6.25. The summed E-state index contributed by atoms with van der Waals surface area (Å²) in [5.41, 5.74) is 8.93. The van der Waals surface area contributed by atoms with E-state index >= 15 is 0 Å². The molecule has 0 radical (unpaired) electrons. The topological polar surface area (TPSA) is 56.7 Å². The quantitative estimate of drug-likeness (QED) is 0.903. The maximum atomic E-state index is 5.79. The molecular weight excluding hydrogens is 232 g/mol. The fraction of sp³-hybridized carbons (Fsp3) is 0.333. The lowest BCUT2D eigenvalue weighted by Crippen LogP contribution is -2.04. The van der Waals surface area contributed by atoms with Crippen molar-refractivity contribution in [3.8, 4) is 0 Å². The van der Waals surface area contributed by atoms with Gasteiger partial charge in [-0.15, -0.1) is 0 Å². The van der Waals surface area contributed by atoms with Gasteiger partial charge in [-0.05, 0) is 19.9 Å². The Morgan fingerprint density at radius 2 is 2.18 bits per heavy atom. The normalized spacial score (nSPS) is 10.8. The minimum Gasteiger partial charge on any atom is -0.326 e. The maximum Gasteiger partial charge on any atom is 0.0629 e. The second-order valence-corrected chi connectivity index (χ2v) is 5.10. The lowest BCUT2D eigenvalue weighted by atomic mass is 10.2. The number of nitrogens with two attached hydrogens (primary N) is 1. The Labute approximate surface area is 105 Å². The van der Waals surface area contributed by atoms with Gasteiger partial charge in [-0.3, -0.25) is 9.67 Å². The van der Waals surface area contributed by atoms with E-state index in [0.717, 1.165) is 21.8 Å². The van der Waals surface area contributed by atoms with Crippen molar-refractivity contribution < 1.29 is 0 Å². The zero-order chi connectivity index (χ0) is 12.4. The third kappa shape index (κ3) is 2.68. The van der Waals surface area contributed by atoms with Gasteiger partial charge < -0.3 is 5.73 Å². The standard InChI is InChI=1S/C12H16N4S/c1-8-4-12(11(5-13)9(2)15-8)17-10-6-14-16(3)7-10/h4,6-7H,5,13H2,1-3H3. The highest BCUT2D eigenvalue weighted by atomic mass is 32.2. The molecule has 0 atom stereocenters. The van der Waals surface area contributed by atoms with E-state index in [9.17, 15) is 0 Å². The van der Waals surface area contributed by atoms with Crippen LogP contribution in [-0.2, 0) is 13.6 Å². The summed E-state index contributed by atoms with van der Waals surface area (Å²) in [6.07, 6.45) is 3.85. The lowest BCUT2D eigenvalue weighted by molar-refractivity contribution is 0.766. The van der Waals surface area contributed by atoms with E-state index in [1.807, 2.05) is 33.3 Å². The summed E-state index contributed by atoms with van der Waals surface area (Å²) in [5.74, 6) is 0. The number of hydrogen-bond acceptors (Lipinski definition) is 4. The fourth-order valence-corrected chi connectivity index (χ4v) is 2.88. The number of aryl methyl sites for hydroxylation is 3. The van der Waals surface area contributed by atoms with E-state index in [4.69, 9.17) is 5.73 Å². The summed E-state index contributed by atoms with van der Waals surface area (Å²) in [4.78, 5) is 6.73. The summed E-state index contributed by atoms with van der Waals surface area (Å²) in [7, 11) is 1.91. The van der Waals surface area contributed by atoms with Gasteiger partial charge in [-0.25, -0.2) is 0 Å². The molecule has 0 saturated carbocycles. The van der Waals surface area contributed by atoms with E-state index < -0.39 is 0 Å². The van der Waals surface area contributed by atoms with Crippen LogP contribution in [0.5, 0.6) is 0 Å². The minimum absolute atomic E-state index is 0.516. The molecule has 0 fully saturated rings. The molecule has 0 unspecified atom stereocenters. The first-order chi connectivity index (χ1) is 8.10. The van der Waals surface area contributed by atoms with E-state index in [1.165, 1.54) is 4.90 Å². The van der Waals surface area contributed by atoms with Crippen molar-refractivity contribution in [1.82, 2.24) is 14.8 Å². The van der Waals surface area contributed by atoms with Crippen molar-refractivity contribution in [3.05, 3.63) is 35.4 Å². The Morgan fingerprint density at radius 1 is 1.41 bits per heavy atom. The number of rotatable bonds is 3. The first kappa shape index (κ1) is 12.1. The highest BCUT2D eigenvalue weighted by Crippen LogP contribution is 2.31. The smallest absolute Gasteiger partial charge is 0.0629 e. The second-order valence-electron chi connectivity index (χ2n) is 3.98. The number of pyridine rings is 1. The minimum atomic E-state index is 0.516. The van der Waals surface area contributed by atoms with Crippen molar-refractivity contribution >= 4 is 11.8 Å². The molecule has 2 aromatic rings. The van der Waals surface area contributed by atoms with Gasteiger partial charge in [0.1, 0.15) is 0 Å². The zero-order valence-electron chi connectivity index (χ0n) is 10.3. The van der Waals surface area contributed by atoms with Gasteiger partial charge in [0.05, 0.1) is 11.1 Å². The molecular formula is C12H16N4S. The Morgan fingerprint density at radius 3 is 2.76 bits per heavy atom. The van der Waals surface area contributed by atoms with Gasteiger partial charge in [0.15, 0.2) is 0 Å². The maximum absolute atomic E-state index is 5.79. The molecule has 0 spiro atoms. The van der Waals surface area contributed by atoms with E-state index in [0.29, 0.717) is 6.54 Å². The Bertz CT molecular complexity index is 533. The third-order valence-corrected chi connectivity index (χ3v) is 3.56. The molecule has 90 valence electrons. The van der Waals surface area contributed by atoms with Crippen LogP contribution >= 0.6 is 11.8 Å². The molecule has 4 nitrogen and oxygen atoms in total. The van der Waals surface area contributed by atoms with Gasteiger partial charge >= 0.3 is 0 Å². The highest BCUT2D eigenvalue weighted by Gasteiger charge is 2.09. The van der Waals surface area contributed by atoms with Crippen molar-refractivity contribution in [2.75, 3.05) is 0 Å². The first-order valence-electron chi connectivity index (χ1n) is 5.44. The molecule has 0 aliphatic carbocycles. The van der Waals surface area contributed by atoms with Crippen LogP contribution < -0.4 is 5.73 Å². The summed E-state index contributed by atoms with van der Waals surface area (Å²) in [5, 5.41) is 4.16. The Hall–Kier alpha value is -1.33. The van der Waals surface area contributed by atoms with Crippen molar-refractivity contribution in [2.45, 2.75) is 30.2 Å². The van der Waals surface area contributed by atoms with Crippen LogP contribution in [0.1, 0.15) is 17.0 Å². The van der Waals surface area contributed by atoms with Crippen LogP contribution in [0.3, 0.4) is 0 Å². The molecule has 2 aromatic heterocycles. The molecule has 0 aliphatic heterocycles. The summed E-state index contributed by atoms with van der Waals surface area (Å²) >= 11 is 1.68. The molecule has 0 amide bonds. The van der Waals surface area contributed by atoms with Crippen LogP contribution in [0.2, 0.25) is 0 Å². The van der Waals surface area contributed by atoms with Gasteiger partial charge in [0, 0.05) is 41.6 Å². The molecule has 0 saturated heterocycles. The third-order valence-electron chi connectivity index (χ3n) is 2.53. The fourth-order valence-electron chi connectivity index (χ4n) is 1.74. The number of hydrogen-bond donors (Lipinski definition) is 1. The zero-order valence-corrected chi connectivity index (χ0v) is 11.1. The molecule has 0 bridgehead atoms. The number of nitrogens with zero attached hydrogens (tertiary/aromatic N) is 3. The van der Waals surface area contributed by atoms with E-state index in [2.05, 4.69) is 16.1 Å². The lowest BCUT2D eigenvalue weighted by Gasteiger charge is -2.10. The average molecular weight is 248 g/mol. The molecule has 2 N–H and O–H groups in total. The molecule has 5 heteroatoms. The van der Waals surface area contributed by atoms with Gasteiger partial charge in [0.2, 0.25) is 0 Å². The van der Waals surface area contributed by atoms with Crippen LogP contribution in [0.4, 0.5) is 0 Å². The molecule has 2 heterocycles. The largest absolute Gasteiger partial charge is 0.326 e. The predicted molar refractivity (Wildman–Crippen MR) is 68.9 cm³/mol. The molecule has 0 aromatic carbocycles. The van der Waals surface area contributed by atoms with E-state index in [-0.39, 0.29) is 0 Å². The SMILES string of the molecule is Cc1cc(Sc2cnn(C)c2)c(CN)c(C)n1. The van der Waals surface area contributed by atoms with Gasteiger partial charge in [-0.2, -0.15) is 5.10 Å². The molecule has 2 rings (SSSR count). The summed E-state index contributed by atoms with van der Waals surface area (Å²) < 4.78 is 1.80. The monoisotopic (exact) mass is 248 g/mol.